The van der Waals surface area contributed by atoms with Gasteiger partial charge in [-0.1, -0.05) is 25.6 Å². The Morgan fingerprint density at radius 2 is 1.81 bits per heavy atom. The summed E-state index contributed by atoms with van der Waals surface area (Å²) in [7, 11) is -3.34. The third kappa shape index (κ3) is 6.86. The average Bonchev–Trinajstić information content (AvgIpc) is 2.87. The van der Waals surface area contributed by atoms with Gasteiger partial charge in [-0.2, -0.15) is 0 Å². The molecule has 1 N–H and O–H groups in total. The lowest BCUT2D eigenvalue weighted by Crippen LogP contribution is -2.18. The summed E-state index contributed by atoms with van der Waals surface area (Å²) in [5.41, 5.74) is 1.17. The van der Waals surface area contributed by atoms with Gasteiger partial charge in [0.05, 0.1) is 17.1 Å². The second-order valence-corrected chi connectivity index (χ2v) is 9.72. The molecule has 0 unspecified atom stereocenters. The van der Waals surface area contributed by atoms with Gasteiger partial charge in [-0.15, -0.1) is 0 Å². The highest BCUT2D eigenvalue weighted by atomic mass is 32.2. The first-order valence-corrected chi connectivity index (χ1v) is 12.5. The fourth-order valence-corrected chi connectivity index (χ4v) is 3.97. The zero-order valence-corrected chi connectivity index (χ0v) is 20.2. The van der Waals surface area contributed by atoms with Crippen LogP contribution < -0.4 is 5.32 Å². The molecule has 0 radical (unpaired) electrons. The van der Waals surface area contributed by atoms with Gasteiger partial charge >= 0.3 is 0 Å². The Labute approximate surface area is 208 Å². The molecule has 0 spiro atoms. The minimum Gasteiger partial charge on any atom is -0.294 e. The predicted octanol–water partition coefficient (Wildman–Crippen LogP) is 4.05. The highest BCUT2D eigenvalue weighted by Gasteiger charge is 2.18. The first kappa shape index (κ1) is 26.3. The van der Waals surface area contributed by atoms with E-state index in [2.05, 4.69) is 26.9 Å². The van der Waals surface area contributed by atoms with Crippen LogP contribution in [0.15, 0.2) is 83.5 Å². The summed E-state index contributed by atoms with van der Waals surface area (Å²) >= 11 is 0. The largest absolute Gasteiger partial charge is 0.294 e. The summed E-state index contributed by atoms with van der Waals surface area (Å²) in [6.45, 7) is 5.03. The molecule has 0 aliphatic rings. The maximum atomic E-state index is 13.3. The standard InChI is InChI=1S/C26H23FN4O4S/c1-3-28-15-5-6-20-17-29-26(31-24(20)25(33)19-9-11-21(27)12-10-19)30-23(32)16-18-7-13-22(14-8-18)36(34,35)4-2/h3,5-15,17H,1,4,16H2,2H3,(H,29,30,31,32). The van der Waals surface area contributed by atoms with Gasteiger partial charge < -0.3 is 0 Å². The summed E-state index contributed by atoms with van der Waals surface area (Å²) in [4.78, 5) is 38.0. The summed E-state index contributed by atoms with van der Waals surface area (Å²) in [6, 6.07) is 11.0. The number of nitrogens with zero attached hydrogens (tertiary/aromatic N) is 3. The number of hydrogen-bond donors (Lipinski definition) is 1. The number of allylic oxidation sites excluding steroid dienone is 1. The van der Waals surface area contributed by atoms with Crippen molar-refractivity contribution in [3.63, 3.8) is 0 Å². The van der Waals surface area contributed by atoms with Crippen molar-refractivity contribution in [1.29, 1.82) is 0 Å². The van der Waals surface area contributed by atoms with Gasteiger partial charge in [-0.25, -0.2) is 22.8 Å². The van der Waals surface area contributed by atoms with Gasteiger partial charge in [-0.05, 0) is 54.1 Å². The number of carbonyl (C=O) groups excluding carboxylic acids is 2. The highest BCUT2D eigenvalue weighted by molar-refractivity contribution is 7.91. The van der Waals surface area contributed by atoms with Crippen molar-refractivity contribution in [2.24, 2.45) is 4.99 Å². The third-order valence-corrected chi connectivity index (χ3v) is 6.72. The van der Waals surface area contributed by atoms with Crippen LogP contribution >= 0.6 is 0 Å². The lowest BCUT2D eigenvalue weighted by atomic mass is 10.0. The van der Waals surface area contributed by atoms with E-state index in [-0.39, 0.29) is 34.3 Å². The van der Waals surface area contributed by atoms with Crippen LogP contribution in [0.1, 0.15) is 34.1 Å². The molecule has 3 rings (SSSR count). The Morgan fingerprint density at radius 1 is 1.11 bits per heavy atom. The van der Waals surface area contributed by atoms with E-state index in [0.717, 1.165) is 0 Å². The lowest BCUT2D eigenvalue weighted by molar-refractivity contribution is -0.115. The molecule has 0 aliphatic carbocycles. The van der Waals surface area contributed by atoms with Gasteiger partial charge in [0.2, 0.25) is 17.6 Å². The van der Waals surface area contributed by atoms with Crippen molar-refractivity contribution in [1.82, 2.24) is 9.97 Å². The van der Waals surface area contributed by atoms with Crippen molar-refractivity contribution < 1.29 is 22.4 Å². The molecule has 0 fully saturated rings. The molecule has 0 saturated carbocycles. The molecular formula is C26H23FN4O4S. The van der Waals surface area contributed by atoms with Crippen molar-refractivity contribution in [2.75, 3.05) is 11.1 Å². The van der Waals surface area contributed by atoms with Gasteiger partial charge in [0.1, 0.15) is 11.5 Å². The number of aliphatic imine (C=N–C) groups is 1. The molecule has 36 heavy (non-hydrogen) atoms. The van der Waals surface area contributed by atoms with Gasteiger partial charge in [0.25, 0.3) is 0 Å². The molecule has 8 nitrogen and oxygen atoms in total. The molecule has 1 heterocycles. The minimum atomic E-state index is -3.34. The molecule has 3 aromatic rings. The van der Waals surface area contributed by atoms with E-state index in [9.17, 15) is 22.4 Å². The summed E-state index contributed by atoms with van der Waals surface area (Å²) in [6.07, 6.45) is 7.27. The molecule has 0 saturated heterocycles. The van der Waals surface area contributed by atoms with Crippen LogP contribution in [0.5, 0.6) is 0 Å². The SMILES string of the molecule is C=CN=CC=Cc1cnc(NC(=O)Cc2ccc(S(=O)(=O)CC)cc2)nc1C(=O)c1ccc(F)cc1. The van der Waals surface area contributed by atoms with Crippen molar-refractivity contribution in [3.05, 3.63) is 102 Å². The third-order valence-electron chi connectivity index (χ3n) is 4.97. The quantitative estimate of drug-likeness (QED) is 0.327. The zero-order valence-electron chi connectivity index (χ0n) is 19.4. The smallest absolute Gasteiger partial charge is 0.231 e. The summed E-state index contributed by atoms with van der Waals surface area (Å²) in [5.74, 6) is -1.53. The second kappa shape index (κ2) is 11.9. The molecule has 184 valence electrons. The molecule has 10 heteroatoms. The lowest BCUT2D eigenvalue weighted by Gasteiger charge is -2.09. The highest BCUT2D eigenvalue weighted by Crippen LogP contribution is 2.17. The van der Waals surface area contributed by atoms with Crippen LogP contribution in [0, 0.1) is 5.82 Å². The maximum Gasteiger partial charge on any atom is 0.231 e. The van der Waals surface area contributed by atoms with Crippen LogP contribution in [0.2, 0.25) is 0 Å². The number of anilines is 1. The second-order valence-electron chi connectivity index (χ2n) is 7.45. The Hall–Kier alpha value is -4.31. The topological polar surface area (TPSA) is 118 Å². The summed E-state index contributed by atoms with van der Waals surface area (Å²) < 4.78 is 37.2. The number of nitrogens with one attached hydrogen (secondary N) is 1. The average molecular weight is 507 g/mol. The van der Waals surface area contributed by atoms with Crippen molar-refractivity contribution in [2.45, 2.75) is 18.2 Å². The Kier molecular flexibility index (Phi) is 8.69. The monoisotopic (exact) mass is 506 g/mol. The van der Waals surface area contributed by atoms with E-state index in [1.54, 1.807) is 31.2 Å². The number of hydrogen-bond acceptors (Lipinski definition) is 7. The zero-order chi connectivity index (χ0) is 26.1. The van der Waals surface area contributed by atoms with Gasteiger partial charge in [0.15, 0.2) is 9.84 Å². The number of ketones is 1. The fourth-order valence-electron chi connectivity index (χ4n) is 3.09. The van der Waals surface area contributed by atoms with E-state index in [1.807, 2.05) is 0 Å². The molecule has 1 amide bonds. The number of amides is 1. The minimum absolute atomic E-state index is 0.00397. The maximum absolute atomic E-state index is 13.3. The van der Waals surface area contributed by atoms with Gasteiger partial charge in [0, 0.05) is 29.7 Å². The number of halogens is 1. The van der Waals surface area contributed by atoms with Gasteiger partial charge in [-0.3, -0.25) is 19.9 Å². The number of benzene rings is 2. The predicted molar refractivity (Wildman–Crippen MR) is 136 cm³/mol. The Balaban J connectivity index is 1.83. The number of sulfone groups is 1. The Bertz CT molecular complexity index is 1430. The van der Waals surface area contributed by atoms with Crippen LogP contribution in [0.4, 0.5) is 10.3 Å². The van der Waals surface area contributed by atoms with Crippen molar-refractivity contribution in [3.8, 4) is 0 Å². The van der Waals surface area contributed by atoms with Crippen LogP contribution in [0.3, 0.4) is 0 Å². The molecule has 0 bridgehead atoms. The van der Waals surface area contributed by atoms with E-state index in [0.29, 0.717) is 11.1 Å². The van der Waals surface area contributed by atoms with Crippen molar-refractivity contribution >= 4 is 39.8 Å². The Morgan fingerprint density at radius 3 is 2.44 bits per heavy atom. The number of carbonyl (C=O) groups is 2. The fraction of sp³-hybridized carbons (Fsp3) is 0.115. The van der Waals surface area contributed by atoms with E-state index in [4.69, 9.17) is 0 Å². The molecule has 0 aliphatic heterocycles. The summed E-state index contributed by atoms with van der Waals surface area (Å²) in [5, 5.41) is 2.55. The van der Waals surface area contributed by atoms with E-state index < -0.39 is 27.3 Å². The van der Waals surface area contributed by atoms with E-state index >= 15 is 0 Å². The number of aromatic nitrogens is 2. The van der Waals surface area contributed by atoms with Crippen LogP contribution in [-0.2, 0) is 21.1 Å². The normalized spacial score (nSPS) is 11.6. The van der Waals surface area contributed by atoms with E-state index in [1.165, 1.54) is 55.0 Å². The first-order chi connectivity index (χ1) is 17.2. The van der Waals surface area contributed by atoms with Crippen LogP contribution in [-0.4, -0.2) is 42.0 Å². The molecule has 0 atom stereocenters. The molecule has 1 aromatic heterocycles. The molecule has 2 aromatic carbocycles. The first-order valence-electron chi connectivity index (χ1n) is 10.8. The van der Waals surface area contributed by atoms with Crippen LogP contribution in [0.25, 0.3) is 6.08 Å². The molecular weight excluding hydrogens is 483 g/mol. The number of rotatable bonds is 10.